The van der Waals surface area contributed by atoms with E-state index in [2.05, 4.69) is 10.1 Å². The summed E-state index contributed by atoms with van der Waals surface area (Å²) in [5.41, 5.74) is 0.912. The Labute approximate surface area is 189 Å². The van der Waals surface area contributed by atoms with Crippen LogP contribution in [0.25, 0.3) is 10.9 Å². The predicted molar refractivity (Wildman–Crippen MR) is 116 cm³/mol. The molecule has 2 aromatic heterocycles. The number of ether oxygens (including phenoxy) is 1. The first-order valence-electron chi connectivity index (χ1n) is 10.8. The molecule has 3 heterocycles. The van der Waals surface area contributed by atoms with Crippen molar-refractivity contribution in [3.63, 3.8) is 0 Å². The number of carboxylic acids is 1. The zero-order chi connectivity index (χ0) is 23.3. The van der Waals surface area contributed by atoms with Crippen LogP contribution in [0.15, 0.2) is 41.6 Å². The SMILES string of the molecule is CCOc1ccc(S(=O)(=O)N2CCC(n3nc(CC(=O)O)c4ccc(F)cc43)[C@H]3C[C@H]32)nc1. The number of pyridine rings is 1. The summed E-state index contributed by atoms with van der Waals surface area (Å²) in [4.78, 5) is 15.4. The molecular weight excluding hydrogens is 451 g/mol. The van der Waals surface area contributed by atoms with Gasteiger partial charge in [0.1, 0.15) is 11.6 Å². The Hall–Kier alpha value is -3.05. The first kappa shape index (κ1) is 21.8. The van der Waals surface area contributed by atoms with Gasteiger partial charge in [0.15, 0.2) is 5.03 Å². The second-order valence-corrected chi connectivity index (χ2v) is 10.2. The third kappa shape index (κ3) is 3.84. The number of hydrogen-bond acceptors (Lipinski definition) is 6. The van der Waals surface area contributed by atoms with Crippen LogP contribution in [0, 0.1) is 11.7 Å². The molecule has 9 nitrogen and oxygen atoms in total. The first-order valence-corrected chi connectivity index (χ1v) is 12.2. The molecule has 0 radical (unpaired) electrons. The maximum absolute atomic E-state index is 14.0. The molecule has 1 saturated heterocycles. The van der Waals surface area contributed by atoms with E-state index < -0.39 is 21.8 Å². The van der Waals surface area contributed by atoms with Crippen LogP contribution < -0.4 is 4.74 Å². The van der Waals surface area contributed by atoms with E-state index in [9.17, 15) is 22.7 Å². The Balaban J connectivity index is 1.41. The van der Waals surface area contributed by atoms with Crippen LogP contribution in [0.3, 0.4) is 0 Å². The fraction of sp³-hybridized carbons (Fsp3) is 0.409. The standard InChI is InChI=1S/C22H23FN4O5S/c1-2-32-14-4-6-21(24-12-14)33(30,31)26-8-7-18(16-10-19(16)26)27-20-9-13(23)3-5-15(20)17(25-27)11-22(28)29/h3-6,9,12,16,18-19H,2,7-8,10-11H2,1H3,(H,28,29)/t16-,18?,19-/m1/s1. The topological polar surface area (TPSA) is 115 Å². The smallest absolute Gasteiger partial charge is 0.309 e. The summed E-state index contributed by atoms with van der Waals surface area (Å²) in [6.07, 6.45) is 2.28. The Kier molecular flexibility index (Phi) is 5.32. The molecule has 0 bridgehead atoms. The van der Waals surface area contributed by atoms with Crippen molar-refractivity contribution in [2.45, 2.75) is 43.3 Å². The normalized spacial score (nSPS) is 22.8. The van der Waals surface area contributed by atoms with Crippen molar-refractivity contribution < 1.29 is 27.4 Å². The molecule has 33 heavy (non-hydrogen) atoms. The van der Waals surface area contributed by atoms with Crippen molar-refractivity contribution in [2.75, 3.05) is 13.2 Å². The van der Waals surface area contributed by atoms with Gasteiger partial charge in [-0.3, -0.25) is 9.48 Å². The zero-order valence-corrected chi connectivity index (χ0v) is 18.7. The van der Waals surface area contributed by atoms with Crippen LogP contribution in [0.1, 0.15) is 31.5 Å². The highest BCUT2D eigenvalue weighted by Gasteiger charge is 2.55. The van der Waals surface area contributed by atoms with Gasteiger partial charge >= 0.3 is 5.97 Å². The number of nitrogens with zero attached hydrogens (tertiary/aromatic N) is 4. The van der Waals surface area contributed by atoms with Gasteiger partial charge < -0.3 is 9.84 Å². The van der Waals surface area contributed by atoms with Crippen molar-refractivity contribution in [3.8, 4) is 5.75 Å². The molecule has 1 saturated carbocycles. The first-order chi connectivity index (χ1) is 15.8. The molecule has 5 rings (SSSR count). The second-order valence-electron chi connectivity index (χ2n) is 8.33. The highest BCUT2D eigenvalue weighted by Crippen LogP contribution is 2.51. The van der Waals surface area contributed by atoms with Gasteiger partial charge in [-0.15, -0.1) is 0 Å². The van der Waals surface area contributed by atoms with Gasteiger partial charge in [-0.05, 0) is 56.0 Å². The van der Waals surface area contributed by atoms with Crippen LogP contribution in [0.2, 0.25) is 0 Å². The summed E-state index contributed by atoms with van der Waals surface area (Å²) in [6.45, 7) is 2.57. The highest BCUT2D eigenvalue weighted by molar-refractivity contribution is 7.89. The Bertz CT molecular complexity index is 1320. The van der Waals surface area contributed by atoms with E-state index in [0.29, 0.717) is 41.8 Å². The molecule has 1 unspecified atom stereocenters. The zero-order valence-electron chi connectivity index (χ0n) is 17.9. The molecule has 3 atom stereocenters. The Morgan fingerprint density at radius 3 is 2.79 bits per heavy atom. The molecule has 1 aromatic carbocycles. The second kappa shape index (κ2) is 8.07. The van der Waals surface area contributed by atoms with Gasteiger partial charge in [0.05, 0.1) is 36.5 Å². The third-order valence-electron chi connectivity index (χ3n) is 6.29. The third-order valence-corrected chi connectivity index (χ3v) is 8.13. The number of carbonyl (C=O) groups is 1. The molecule has 174 valence electrons. The van der Waals surface area contributed by atoms with Crippen molar-refractivity contribution in [1.82, 2.24) is 19.1 Å². The average Bonchev–Trinajstić information content (AvgIpc) is 3.50. The number of piperidine rings is 1. The fourth-order valence-corrected chi connectivity index (χ4v) is 6.39. The highest BCUT2D eigenvalue weighted by atomic mass is 32.2. The molecule has 1 N–H and O–H groups in total. The summed E-state index contributed by atoms with van der Waals surface area (Å²) < 4.78 is 48.9. The average molecular weight is 475 g/mol. The number of sulfonamides is 1. The van der Waals surface area contributed by atoms with Crippen LogP contribution in [0.5, 0.6) is 5.75 Å². The summed E-state index contributed by atoms with van der Waals surface area (Å²) >= 11 is 0. The van der Waals surface area contributed by atoms with E-state index in [4.69, 9.17) is 4.74 Å². The summed E-state index contributed by atoms with van der Waals surface area (Å²) in [5, 5.41) is 14.3. The van der Waals surface area contributed by atoms with E-state index in [1.807, 2.05) is 6.92 Å². The Morgan fingerprint density at radius 2 is 2.09 bits per heavy atom. The maximum Gasteiger partial charge on any atom is 0.309 e. The lowest BCUT2D eigenvalue weighted by Gasteiger charge is -2.31. The van der Waals surface area contributed by atoms with Crippen molar-refractivity contribution in [2.24, 2.45) is 5.92 Å². The summed E-state index contributed by atoms with van der Waals surface area (Å²) in [5.74, 6) is -0.923. The minimum Gasteiger partial charge on any atom is -0.492 e. The van der Waals surface area contributed by atoms with Crippen LogP contribution in [0.4, 0.5) is 4.39 Å². The van der Waals surface area contributed by atoms with Crippen LogP contribution in [-0.2, 0) is 21.2 Å². The number of hydrogen-bond donors (Lipinski definition) is 1. The monoisotopic (exact) mass is 474 g/mol. The van der Waals surface area contributed by atoms with Crippen LogP contribution in [-0.4, -0.2) is 57.8 Å². The van der Waals surface area contributed by atoms with E-state index >= 15 is 0 Å². The lowest BCUT2D eigenvalue weighted by Crippen LogP contribution is -2.40. The van der Waals surface area contributed by atoms with Gasteiger partial charge in [-0.25, -0.2) is 17.8 Å². The minimum absolute atomic E-state index is 0.0141. The van der Waals surface area contributed by atoms with Gasteiger partial charge in [-0.1, -0.05) is 0 Å². The van der Waals surface area contributed by atoms with E-state index in [-0.39, 0.29) is 36.0 Å². The Morgan fingerprint density at radius 1 is 1.27 bits per heavy atom. The van der Waals surface area contributed by atoms with E-state index in [0.717, 1.165) is 0 Å². The lowest BCUT2D eigenvalue weighted by molar-refractivity contribution is -0.136. The van der Waals surface area contributed by atoms with Gasteiger partial charge in [0.2, 0.25) is 0 Å². The quantitative estimate of drug-likeness (QED) is 0.560. The number of benzene rings is 1. The summed E-state index contributed by atoms with van der Waals surface area (Å²) in [7, 11) is -3.77. The van der Waals surface area contributed by atoms with Gasteiger partial charge in [0.25, 0.3) is 10.0 Å². The van der Waals surface area contributed by atoms with E-state index in [1.165, 1.54) is 28.7 Å². The molecular formula is C22H23FN4O5S. The largest absolute Gasteiger partial charge is 0.492 e. The summed E-state index contributed by atoms with van der Waals surface area (Å²) in [6, 6.07) is 6.91. The molecule has 3 aromatic rings. The fourth-order valence-electron chi connectivity index (χ4n) is 4.78. The van der Waals surface area contributed by atoms with Gasteiger partial charge in [-0.2, -0.15) is 9.40 Å². The molecule has 11 heteroatoms. The number of halogens is 1. The number of fused-ring (bicyclic) bond motifs is 2. The van der Waals surface area contributed by atoms with Crippen LogP contribution >= 0.6 is 0 Å². The molecule has 2 aliphatic rings. The van der Waals surface area contributed by atoms with E-state index in [1.54, 1.807) is 16.8 Å². The lowest BCUT2D eigenvalue weighted by atomic mass is 10.1. The van der Waals surface area contributed by atoms with Crippen molar-refractivity contribution in [3.05, 3.63) is 48.0 Å². The predicted octanol–water partition coefficient (Wildman–Crippen LogP) is 2.62. The minimum atomic E-state index is -3.77. The molecule has 0 spiro atoms. The molecule has 1 aliphatic heterocycles. The van der Waals surface area contributed by atoms with Gasteiger partial charge in [0, 0.05) is 18.0 Å². The number of carboxylic acid groups (broad SMARTS) is 1. The molecule has 2 fully saturated rings. The number of aromatic nitrogens is 3. The molecule has 1 aliphatic carbocycles. The van der Waals surface area contributed by atoms with Crippen molar-refractivity contribution >= 4 is 26.9 Å². The maximum atomic E-state index is 14.0. The molecule has 0 amide bonds. The number of aliphatic carboxylic acids is 1. The number of rotatable bonds is 7. The van der Waals surface area contributed by atoms with Crippen molar-refractivity contribution in [1.29, 1.82) is 0 Å².